The van der Waals surface area contributed by atoms with E-state index >= 15 is 0 Å². The Morgan fingerprint density at radius 1 is 1.07 bits per heavy atom. The quantitative estimate of drug-likeness (QED) is 0.507. The average Bonchev–Trinajstić information content (AvgIpc) is 3.14. The van der Waals surface area contributed by atoms with Gasteiger partial charge in [-0.2, -0.15) is 0 Å². The summed E-state index contributed by atoms with van der Waals surface area (Å²) in [4.78, 5) is 2.30. The fourth-order valence-electron chi connectivity index (χ4n) is 3.68. The summed E-state index contributed by atoms with van der Waals surface area (Å²) >= 11 is 0. The number of para-hydroxylation sites is 1. The van der Waals surface area contributed by atoms with E-state index < -0.39 is 5.60 Å². The Morgan fingerprint density at radius 2 is 1.73 bits per heavy atom. The van der Waals surface area contributed by atoms with Crippen LogP contribution >= 0.6 is 0 Å². The summed E-state index contributed by atoms with van der Waals surface area (Å²) in [5, 5.41) is 11.1. The maximum atomic E-state index is 11.1. The normalized spacial score (nSPS) is 11.8. The summed E-state index contributed by atoms with van der Waals surface area (Å²) in [7, 11) is 3.30. The molecule has 0 radical (unpaired) electrons. The van der Waals surface area contributed by atoms with E-state index in [0.717, 1.165) is 23.6 Å². The summed E-state index contributed by atoms with van der Waals surface area (Å²) < 4.78 is 17.1. The molecule has 0 unspecified atom stereocenters. The van der Waals surface area contributed by atoms with Gasteiger partial charge in [-0.1, -0.05) is 39.1 Å². The van der Waals surface area contributed by atoms with Crippen molar-refractivity contribution in [1.29, 1.82) is 0 Å². The maximum absolute atomic E-state index is 11.1. The number of methoxy groups -OCH3 is 2. The predicted octanol–water partition coefficient (Wildman–Crippen LogP) is 5.29. The summed E-state index contributed by atoms with van der Waals surface area (Å²) in [6.45, 7) is 17.9. The van der Waals surface area contributed by atoms with Gasteiger partial charge in [-0.25, -0.2) is 0 Å². The number of rotatable bonds is 11. The second kappa shape index (κ2) is 10.0. The van der Waals surface area contributed by atoms with Crippen LogP contribution < -0.4 is 9.47 Å². The topological polar surface area (TPSA) is 55.1 Å². The SMILES string of the molecule is C=C(C)C(O)(C(=C)C)c1ccc(CN(Cc2cccc(OC)c2OC)CC(C)C)o1. The number of furan rings is 1. The molecule has 2 aromatic rings. The lowest BCUT2D eigenvalue weighted by Gasteiger charge is -2.27. The van der Waals surface area contributed by atoms with E-state index in [1.54, 1.807) is 34.1 Å². The Morgan fingerprint density at radius 3 is 2.27 bits per heavy atom. The predicted molar refractivity (Wildman–Crippen MR) is 121 cm³/mol. The first kappa shape index (κ1) is 23.8. The van der Waals surface area contributed by atoms with Crippen LogP contribution in [0.3, 0.4) is 0 Å². The molecule has 0 atom stereocenters. The highest BCUT2D eigenvalue weighted by Crippen LogP contribution is 2.36. The van der Waals surface area contributed by atoms with E-state index in [9.17, 15) is 5.11 Å². The van der Waals surface area contributed by atoms with Crippen molar-refractivity contribution in [2.24, 2.45) is 5.92 Å². The van der Waals surface area contributed by atoms with Crippen LogP contribution in [0.15, 0.2) is 59.1 Å². The van der Waals surface area contributed by atoms with Crippen molar-refractivity contribution in [3.63, 3.8) is 0 Å². The van der Waals surface area contributed by atoms with Crippen molar-refractivity contribution < 1.29 is 19.0 Å². The molecule has 1 aromatic heterocycles. The van der Waals surface area contributed by atoms with Crippen molar-refractivity contribution in [3.05, 3.63) is 71.7 Å². The standard InChI is InChI=1S/C25H35NO4/c1-17(2)14-26(15-20-10-9-11-22(28-7)24(20)29-8)16-21-12-13-23(30-21)25(27,18(3)4)19(5)6/h9-13,17,27H,3,5,14-16H2,1-2,4,6-8H3. The highest BCUT2D eigenvalue weighted by Gasteiger charge is 2.35. The Kier molecular flexibility index (Phi) is 7.93. The van der Waals surface area contributed by atoms with Crippen LogP contribution in [0.5, 0.6) is 11.5 Å². The second-order valence-electron chi connectivity index (χ2n) is 8.25. The fourth-order valence-corrected chi connectivity index (χ4v) is 3.68. The van der Waals surface area contributed by atoms with Crippen molar-refractivity contribution in [2.75, 3.05) is 20.8 Å². The minimum absolute atomic E-state index is 0.445. The summed E-state index contributed by atoms with van der Waals surface area (Å²) in [6.07, 6.45) is 0. The van der Waals surface area contributed by atoms with Crippen LogP contribution in [0.4, 0.5) is 0 Å². The molecule has 1 N–H and O–H groups in total. The molecule has 5 heteroatoms. The number of hydrogen-bond donors (Lipinski definition) is 1. The first-order valence-electron chi connectivity index (χ1n) is 10.2. The minimum atomic E-state index is -1.36. The van der Waals surface area contributed by atoms with Gasteiger partial charge < -0.3 is 19.0 Å². The van der Waals surface area contributed by atoms with Crippen LogP contribution in [0.1, 0.15) is 44.8 Å². The molecule has 0 aliphatic rings. The van der Waals surface area contributed by atoms with E-state index in [4.69, 9.17) is 13.9 Å². The lowest BCUT2D eigenvalue weighted by Crippen LogP contribution is -2.28. The number of hydrogen-bond acceptors (Lipinski definition) is 5. The monoisotopic (exact) mass is 413 g/mol. The molecular weight excluding hydrogens is 378 g/mol. The first-order chi connectivity index (χ1) is 14.1. The van der Waals surface area contributed by atoms with Crippen LogP contribution in [0, 0.1) is 5.92 Å². The lowest BCUT2D eigenvalue weighted by molar-refractivity contribution is 0.0874. The van der Waals surface area contributed by atoms with Crippen molar-refractivity contribution in [1.82, 2.24) is 4.90 Å². The molecular formula is C25H35NO4. The molecule has 1 heterocycles. The molecule has 164 valence electrons. The molecule has 30 heavy (non-hydrogen) atoms. The minimum Gasteiger partial charge on any atom is -0.493 e. The molecule has 0 aliphatic heterocycles. The van der Waals surface area contributed by atoms with Gasteiger partial charge in [-0.05, 0) is 49.1 Å². The van der Waals surface area contributed by atoms with Crippen molar-refractivity contribution in [2.45, 2.75) is 46.4 Å². The van der Waals surface area contributed by atoms with Gasteiger partial charge >= 0.3 is 0 Å². The third kappa shape index (κ3) is 5.15. The van der Waals surface area contributed by atoms with E-state index in [2.05, 4.69) is 31.9 Å². The number of ether oxygens (including phenoxy) is 2. The molecule has 0 fully saturated rings. The molecule has 0 bridgehead atoms. The van der Waals surface area contributed by atoms with Gasteiger partial charge in [0.05, 0.1) is 20.8 Å². The van der Waals surface area contributed by atoms with Gasteiger partial charge in [0.25, 0.3) is 0 Å². The highest BCUT2D eigenvalue weighted by atomic mass is 16.5. The largest absolute Gasteiger partial charge is 0.493 e. The van der Waals surface area contributed by atoms with Crippen molar-refractivity contribution in [3.8, 4) is 11.5 Å². The number of benzene rings is 1. The summed E-state index contributed by atoms with van der Waals surface area (Å²) in [5.74, 6) is 3.15. The first-order valence-corrected chi connectivity index (χ1v) is 10.2. The van der Waals surface area contributed by atoms with Gasteiger partial charge in [0, 0.05) is 18.7 Å². The van der Waals surface area contributed by atoms with E-state index in [-0.39, 0.29) is 0 Å². The molecule has 5 nitrogen and oxygen atoms in total. The van der Waals surface area contributed by atoms with E-state index in [0.29, 0.717) is 41.7 Å². The highest BCUT2D eigenvalue weighted by molar-refractivity contribution is 5.46. The van der Waals surface area contributed by atoms with Crippen LogP contribution in [-0.2, 0) is 18.7 Å². The van der Waals surface area contributed by atoms with Crippen LogP contribution in [-0.4, -0.2) is 30.8 Å². The fraction of sp³-hybridized carbons (Fsp3) is 0.440. The molecule has 0 amide bonds. The van der Waals surface area contributed by atoms with Gasteiger partial charge in [-0.15, -0.1) is 0 Å². The second-order valence-corrected chi connectivity index (χ2v) is 8.25. The average molecular weight is 414 g/mol. The third-order valence-corrected chi connectivity index (χ3v) is 5.13. The lowest BCUT2D eigenvalue weighted by atomic mass is 9.87. The maximum Gasteiger partial charge on any atom is 0.165 e. The van der Waals surface area contributed by atoms with Gasteiger partial charge in [0.2, 0.25) is 0 Å². The molecule has 0 aliphatic carbocycles. The Hall–Kier alpha value is -2.50. The smallest absolute Gasteiger partial charge is 0.165 e. The van der Waals surface area contributed by atoms with Gasteiger partial charge in [-0.3, -0.25) is 4.90 Å². The van der Waals surface area contributed by atoms with Crippen LogP contribution in [0.25, 0.3) is 0 Å². The Balaban J connectivity index is 2.30. The zero-order chi connectivity index (χ0) is 22.5. The Bertz CT molecular complexity index is 867. The third-order valence-electron chi connectivity index (χ3n) is 5.13. The zero-order valence-electron chi connectivity index (χ0n) is 19.1. The zero-order valence-corrected chi connectivity index (χ0v) is 19.1. The molecule has 0 saturated carbocycles. The molecule has 1 aromatic carbocycles. The van der Waals surface area contributed by atoms with E-state index in [1.807, 2.05) is 24.3 Å². The number of aliphatic hydroxyl groups is 1. The molecule has 0 spiro atoms. The van der Waals surface area contributed by atoms with Gasteiger partial charge in [0.15, 0.2) is 17.1 Å². The number of nitrogens with zero attached hydrogens (tertiary/aromatic N) is 1. The molecule has 0 saturated heterocycles. The van der Waals surface area contributed by atoms with Crippen molar-refractivity contribution >= 4 is 0 Å². The summed E-state index contributed by atoms with van der Waals surface area (Å²) in [5.41, 5.74) is 0.841. The molecule has 2 rings (SSSR count). The van der Waals surface area contributed by atoms with Gasteiger partial charge in [0.1, 0.15) is 11.5 Å². The Labute approximate surface area is 180 Å². The van der Waals surface area contributed by atoms with Crippen LogP contribution in [0.2, 0.25) is 0 Å². The van der Waals surface area contributed by atoms with E-state index in [1.165, 1.54) is 0 Å². The summed E-state index contributed by atoms with van der Waals surface area (Å²) in [6, 6.07) is 9.61.